The van der Waals surface area contributed by atoms with Crippen LogP contribution in [0.2, 0.25) is 0 Å². The quantitative estimate of drug-likeness (QED) is 0.459. The minimum Gasteiger partial charge on any atom is -0.393 e. The molecule has 0 aromatic rings. The third-order valence-corrected chi connectivity index (χ3v) is 2.33. The normalized spacial score (nSPS) is 15.6. The van der Waals surface area contributed by atoms with Gasteiger partial charge in [-0.25, -0.2) is 0 Å². The van der Waals surface area contributed by atoms with Crippen LogP contribution in [0.1, 0.15) is 46.0 Å². The first-order valence-electron chi connectivity index (χ1n) is 5.03. The molecule has 72 valence electrons. The number of unbranched alkanes of at least 4 members (excludes halogenated alkanes) is 3. The maximum absolute atomic E-state index is 9.55. The second-order valence-corrected chi connectivity index (χ2v) is 3.51. The van der Waals surface area contributed by atoms with Gasteiger partial charge in [0.15, 0.2) is 0 Å². The summed E-state index contributed by atoms with van der Waals surface area (Å²) in [5, 5.41) is 9.55. The molecule has 0 aromatic carbocycles. The molecule has 1 heteroatoms. The molecule has 0 aliphatic carbocycles. The molecule has 0 heterocycles. The van der Waals surface area contributed by atoms with Gasteiger partial charge in [0.2, 0.25) is 0 Å². The Kier molecular flexibility index (Phi) is 7.17. The van der Waals surface area contributed by atoms with Gasteiger partial charge in [-0.05, 0) is 12.3 Å². The summed E-state index contributed by atoms with van der Waals surface area (Å²) in [5.74, 6) is 0.242. The highest BCUT2D eigenvalue weighted by atomic mass is 16.3. The van der Waals surface area contributed by atoms with Crippen LogP contribution in [-0.4, -0.2) is 11.2 Å². The Balaban J connectivity index is 3.30. The van der Waals surface area contributed by atoms with Crippen LogP contribution in [0, 0.1) is 5.92 Å². The monoisotopic (exact) mass is 170 g/mol. The van der Waals surface area contributed by atoms with Gasteiger partial charge in [0, 0.05) is 0 Å². The third-order valence-electron chi connectivity index (χ3n) is 2.33. The zero-order valence-corrected chi connectivity index (χ0v) is 8.42. The number of aliphatic hydroxyl groups is 1. The van der Waals surface area contributed by atoms with Gasteiger partial charge in [-0.2, -0.15) is 0 Å². The lowest BCUT2D eigenvalue weighted by Crippen LogP contribution is -2.14. The Morgan fingerprint density at radius 2 is 2.00 bits per heavy atom. The predicted octanol–water partition coefficient (Wildman–Crippen LogP) is 3.14. The fraction of sp³-hybridized carbons (Fsp3) is 0.818. The topological polar surface area (TPSA) is 20.2 Å². The second-order valence-electron chi connectivity index (χ2n) is 3.51. The van der Waals surface area contributed by atoms with Crippen LogP contribution < -0.4 is 0 Å². The number of rotatable bonds is 7. The summed E-state index contributed by atoms with van der Waals surface area (Å²) >= 11 is 0. The molecule has 0 amide bonds. The average Bonchev–Trinajstić information content (AvgIpc) is 2.10. The van der Waals surface area contributed by atoms with Crippen molar-refractivity contribution in [2.75, 3.05) is 0 Å². The van der Waals surface area contributed by atoms with Crippen LogP contribution in [0.15, 0.2) is 12.7 Å². The second kappa shape index (κ2) is 7.35. The molecule has 1 nitrogen and oxygen atoms in total. The van der Waals surface area contributed by atoms with Crippen molar-refractivity contribution in [2.45, 2.75) is 52.1 Å². The standard InChI is InChI=1S/C11H22O/c1-4-6-7-8-9-11(12)10(3)5-2/h5,10-12H,2,4,6-9H2,1,3H3. The van der Waals surface area contributed by atoms with Gasteiger partial charge >= 0.3 is 0 Å². The van der Waals surface area contributed by atoms with Crippen LogP contribution in [-0.2, 0) is 0 Å². The summed E-state index contributed by atoms with van der Waals surface area (Å²) in [7, 11) is 0. The minimum atomic E-state index is -0.181. The molecular formula is C11H22O. The van der Waals surface area contributed by atoms with E-state index in [1.165, 1.54) is 19.3 Å². The van der Waals surface area contributed by atoms with Crippen LogP contribution in [0.4, 0.5) is 0 Å². The Morgan fingerprint density at radius 1 is 1.33 bits per heavy atom. The van der Waals surface area contributed by atoms with Crippen molar-refractivity contribution >= 4 is 0 Å². The average molecular weight is 170 g/mol. The van der Waals surface area contributed by atoms with Crippen molar-refractivity contribution in [2.24, 2.45) is 5.92 Å². The lowest BCUT2D eigenvalue weighted by atomic mass is 9.99. The summed E-state index contributed by atoms with van der Waals surface area (Å²) in [6.45, 7) is 7.87. The van der Waals surface area contributed by atoms with Crippen molar-refractivity contribution in [1.29, 1.82) is 0 Å². The smallest absolute Gasteiger partial charge is 0.0600 e. The summed E-state index contributed by atoms with van der Waals surface area (Å²) in [6.07, 6.45) is 7.50. The largest absolute Gasteiger partial charge is 0.393 e. The summed E-state index contributed by atoms with van der Waals surface area (Å²) in [4.78, 5) is 0. The van der Waals surface area contributed by atoms with E-state index >= 15 is 0 Å². The van der Waals surface area contributed by atoms with E-state index in [4.69, 9.17) is 0 Å². The summed E-state index contributed by atoms with van der Waals surface area (Å²) in [6, 6.07) is 0. The highest BCUT2D eigenvalue weighted by Gasteiger charge is 2.09. The van der Waals surface area contributed by atoms with E-state index in [0.717, 1.165) is 12.8 Å². The Morgan fingerprint density at radius 3 is 2.50 bits per heavy atom. The van der Waals surface area contributed by atoms with Crippen LogP contribution in [0.25, 0.3) is 0 Å². The molecule has 12 heavy (non-hydrogen) atoms. The van der Waals surface area contributed by atoms with Crippen LogP contribution >= 0.6 is 0 Å². The zero-order valence-electron chi connectivity index (χ0n) is 8.42. The van der Waals surface area contributed by atoms with E-state index in [9.17, 15) is 5.11 Å². The number of aliphatic hydroxyl groups excluding tert-OH is 1. The fourth-order valence-electron chi connectivity index (χ4n) is 1.20. The molecule has 0 saturated carbocycles. The molecule has 2 unspecified atom stereocenters. The summed E-state index contributed by atoms with van der Waals surface area (Å²) in [5.41, 5.74) is 0. The Bertz CT molecular complexity index is 110. The lowest BCUT2D eigenvalue weighted by Gasteiger charge is -2.14. The van der Waals surface area contributed by atoms with Crippen molar-refractivity contribution in [3.8, 4) is 0 Å². The molecule has 0 fully saturated rings. The molecule has 0 aliphatic rings. The fourth-order valence-corrected chi connectivity index (χ4v) is 1.20. The van der Waals surface area contributed by atoms with Gasteiger partial charge in [0.1, 0.15) is 0 Å². The van der Waals surface area contributed by atoms with E-state index in [-0.39, 0.29) is 12.0 Å². The molecule has 0 radical (unpaired) electrons. The third kappa shape index (κ3) is 5.36. The van der Waals surface area contributed by atoms with Gasteiger partial charge < -0.3 is 5.11 Å². The molecule has 0 aromatic heterocycles. The molecule has 1 N–H and O–H groups in total. The van der Waals surface area contributed by atoms with Crippen molar-refractivity contribution in [3.63, 3.8) is 0 Å². The highest BCUT2D eigenvalue weighted by molar-refractivity contribution is 4.80. The predicted molar refractivity (Wildman–Crippen MR) is 54.1 cm³/mol. The van der Waals surface area contributed by atoms with Crippen molar-refractivity contribution in [3.05, 3.63) is 12.7 Å². The summed E-state index contributed by atoms with van der Waals surface area (Å²) < 4.78 is 0. The molecule has 2 atom stereocenters. The molecule has 0 saturated heterocycles. The Labute approximate surface area is 76.5 Å². The van der Waals surface area contributed by atoms with E-state index < -0.39 is 0 Å². The lowest BCUT2D eigenvalue weighted by molar-refractivity contribution is 0.125. The minimum absolute atomic E-state index is 0.181. The number of hydrogen-bond donors (Lipinski definition) is 1. The first-order valence-corrected chi connectivity index (χ1v) is 5.03. The van der Waals surface area contributed by atoms with Gasteiger partial charge in [-0.1, -0.05) is 45.6 Å². The van der Waals surface area contributed by atoms with E-state index in [2.05, 4.69) is 13.5 Å². The Hall–Kier alpha value is -0.300. The van der Waals surface area contributed by atoms with Crippen LogP contribution in [0.5, 0.6) is 0 Å². The van der Waals surface area contributed by atoms with Crippen molar-refractivity contribution < 1.29 is 5.11 Å². The zero-order chi connectivity index (χ0) is 9.40. The number of hydrogen-bond acceptors (Lipinski definition) is 1. The molecular weight excluding hydrogens is 148 g/mol. The molecule has 0 bridgehead atoms. The SMILES string of the molecule is C=CC(C)C(O)CCCCCC. The van der Waals surface area contributed by atoms with Crippen molar-refractivity contribution in [1.82, 2.24) is 0 Å². The maximum Gasteiger partial charge on any atom is 0.0600 e. The first kappa shape index (κ1) is 11.7. The van der Waals surface area contributed by atoms with Gasteiger partial charge in [0.25, 0.3) is 0 Å². The molecule has 0 spiro atoms. The molecule has 0 rings (SSSR count). The van der Waals surface area contributed by atoms with E-state index in [1.54, 1.807) is 0 Å². The van der Waals surface area contributed by atoms with E-state index in [1.807, 2.05) is 13.0 Å². The van der Waals surface area contributed by atoms with Gasteiger partial charge in [0.05, 0.1) is 6.10 Å². The van der Waals surface area contributed by atoms with Crippen LogP contribution in [0.3, 0.4) is 0 Å². The maximum atomic E-state index is 9.55. The highest BCUT2D eigenvalue weighted by Crippen LogP contribution is 2.12. The van der Waals surface area contributed by atoms with Gasteiger partial charge in [-0.15, -0.1) is 6.58 Å². The van der Waals surface area contributed by atoms with Gasteiger partial charge in [-0.3, -0.25) is 0 Å². The van der Waals surface area contributed by atoms with E-state index in [0.29, 0.717) is 0 Å². The first-order chi connectivity index (χ1) is 5.72. The molecule has 0 aliphatic heterocycles.